The average Bonchev–Trinajstić information content (AvgIpc) is 2.32. The fourth-order valence-corrected chi connectivity index (χ4v) is 2.50. The number of aromatic amines is 1. The van der Waals surface area contributed by atoms with Crippen molar-refractivity contribution in [2.75, 3.05) is 19.8 Å². The Morgan fingerprint density at radius 1 is 1.50 bits per heavy atom. The maximum absolute atomic E-state index is 11.8. The highest BCUT2D eigenvalue weighted by atomic mass is 35.5. The van der Waals surface area contributed by atoms with Crippen LogP contribution in [0.25, 0.3) is 0 Å². The van der Waals surface area contributed by atoms with Crippen molar-refractivity contribution in [2.24, 2.45) is 0 Å². The molecule has 0 aromatic carbocycles. The van der Waals surface area contributed by atoms with Gasteiger partial charge in [-0.05, 0) is 19.4 Å². The van der Waals surface area contributed by atoms with Gasteiger partial charge >= 0.3 is 0 Å². The summed E-state index contributed by atoms with van der Waals surface area (Å²) in [6, 6.07) is 1.12. The number of halogens is 1. The third-order valence-corrected chi connectivity index (χ3v) is 3.82. The number of hydrogen-bond acceptors (Lipinski definition) is 4. The molecule has 0 amide bonds. The quantitative estimate of drug-likeness (QED) is 0.726. The molecule has 0 saturated carbocycles. The maximum Gasteiger partial charge on any atom is 0.266 e. The summed E-state index contributed by atoms with van der Waals surface area (Å²) in [5.41, 5.74) is -0.521. The maximum atomic E-state index is 11.8. The predicted molar refractivity (Wildman–Crippen MR) is 68.4 cm³/mol. The van der Waals surface area contributed by atoms with Crippen LogP contribution in [0.2, 0.25) is 5.02 Å². The molecule has 1 heterocycles. The highest BCUT2D eigenvalue weighted by Crippen LogP contribution is 2.09. The number of nitrogens with one attached hydrogen (secondary N) is 2. The van der Waals surface area contributed by atoms with Crippen LogP contribution in [0, 0.1) is 0 Å². The first-order chi connectivity index (χ1) is 8.47. The Kier molecular flexibility index (Phi) is 5.80. The fourth-order valence-electron chi connectivity index (χ4n) is 1.20. The van der Waals surface area contributed by atoms with Crippen LogP contribution in [0.15, 0.2) is 22.0 Å². The van der Waals surface area contributed by atoms with Gasteiger partial charge in [-0.1, -0.05) is 11.6 Å². The van der Waals surface area contributed by atoms with Crippen molar-refractivity contribution < 1.29 is 13.2 Å². The second-order valence-electron chi connectivity index (χ2n) is 3.46. The zero-order valence-corrected chi connectivity index (χ0v) is 11.5. The van der Waals surface area contributed by atoms with Crippen molar-refractivity contribution in [3.05, 3.63) is 27.6 Å². The van der Waals surface area contributed by atoms with Gasteiger partial charge in [-0.25, -0.2) is 13.1 Å². The molecule has 0 aliphatic rings. The molecular weight excluding hydrogens is 280 g/mol. The topological polar surface area (TPSA) is 88.3 Å². The monoisotopic (exact) mass is 294 g/mol. The SMILES string of the molecule is CCOCCCNS(=O)(=O)c1c[nH]c(=O)c(Cl)c1. The molecule has 8 heteroatoms. The summed E-state index contributed by atoms with van der Waals surface area (Å²) in [4.78, 5) is 13.2. The van der Waals surface area contributed by atoms with Crippen molar-refractivity contribution in [1.29, 1.82) is 0 Å². The molecule has 0 radical (unpaired) electrons. The number of pyridine rings is 1. The lowest BCUT2D eigenvalue weighted by Crippen LogP contribution is -2.26. The van der Waals surface area contributed by atoms with Crippen LogP contribution in [0.3, 0.4) is 0 Å². The summed E-state index contributed by atoms with van der Waals surface area (Å²) in [5, 5.41) is -0.160. The Bertz CT molecular complexity index is 541. The van der Waals surface area contributed by atoms with Gasteiger partial charge in [0.2, 0.25) is 10.0 Å². The van der Waals surface area contributed by atoms with Crippen molar-refractivity contribution in [3.63, 3.8) is 0 Å². The summed E-state index contributed by atoms with van der Waals surface area (Å²) in [6.07, 6.45) is 1.68. The third-order valence-electron chi connectivity index (χ3n) is 2.10. The van der Waals surface area contributed by atoms with Gasteiger partial charge in [-0.3, -0.25) is 4.79 Å². The van der Waals surface area contributed by atoms with E-state index < -0.39 is 15.6 Å². The minimum absolute atomic E-state index is 0.0662. The smallest absolute Gasteiger partial charge is 0.266 e. The molecule has 0 saturated heterocycles. The van der Waals surface area contributed by atoms with E-state index in [0.717, 1.165) is 12.3 Å². The number of aromatic nitrogens is 1. The van der Waals surface area contributed by atoms with Crippen LogP contribution in [0.1, 0.15) is 13.3 Å². The molecule has 0 spiro atoms. The van der Waals surface area contributed by atoms with E-state index in [1.54, 1.807) is 0 Å². The number of hydrogen-bond donors (Lipinski definition) is 2. The van der Waals surface area contributed by atoms with Gasteiger partial charge in [0.15, 0.2) is 0 Å². The number of ether oxygens (including phenoxy) is 1. The normalized spacial score (nSPS) is 11.7. The van der Waals surface area contributed by atoms with E-state index in [2.05, 4.69) is 9.71 Å². The van der Waals surface area contributed by atoms with Gasteiger partial charge in [0, 0.05) is 26.0 Å². The van der Waals surface area contributed by atoms with Crippen molar-refractivity contribution in [2.45, 2.75) is 18.2 Å². The summed E-state index contributed by atoms with van der Waals surface area (Å²) in [7, 11) is -3.65. The number of rotatable bonds is 7. The lowest BCUT2D eigenvalue weighted by Gasteiger charge is -2.06. The highest BCUT2D eigenvalue weighted by molar-refractivity contribution is 7.89. The number of H-pyrrole nitrogens is 1. The van der Waals surface area contributed by atoms with E-state index >= 15 is 0 Å². The standard InChI is InChI=1S/C10H15ClN2O4S/c1-2-17-5-3-4-13-18(15,16)8-6-9(11)10(14)12-7-8/h6-7,13H,2-5H2,1H3,(H,12,14). The van der Waals surface area contributed by atoms with Crippen LogP contribution in [-0.4, -0.2) is 33.2 Å². The van der Waals surface area contributed by atoms with E-state index in [0.29, 0.717) is 19.6 Å². The first-order valence-corrected chi connectivity index (χ1v) is 7.29. The van der Waals surface area contributed by atoms with E-state index in [1.807, 2.05) is 6.92 Å². The number of sulfonamides is 1. The summed E-state index contributed by atoms with van der Waals surface area (Å²) in [5.74, 6) is 0. The van der Waals surface area contributed by atoms with Gasteiger partial charge in [0.1, 0.15) is 5.02 Å². The molecule has 0 aliphatic carbocycles. The van der Waals surface area contributed by atoms with E-state index in [4.69, 9.17) is 16.3 Å². The molecule has 102 valence electrons. The first-order valence-electron chi connectivity index (χ1n) is 5.43. The minimum atomic E-state index is -3.65. The molecule has 0 unspecified atom stereocenters. The van der Waals surface area contributed by atoms with Crippen LogP contribution in [-0.2, 0) is 14.8 Å². The minimum Gasteiger partial charge on any atom is -0.382 e. The summed E-state index contributed by atoms with van der Waals surface area (Å²) >= 11 is 5.57. The van der Waals surface area contributed by atoms with Crippen LogP contribution >= 0.6 is 11.6 Å². The Hall–Kier alpha value is -0.890. The summed E-state index contributed by atoms with van der Waals surface area (Å²) in [6.45, 7) is 3.22. The molecule has 0 bridgehead atoms. The zero-order valence-electron chi connectivity index (χ0n) is 9.90. The third kappa shape index (κ3) is 4.41. The molecule has 18 heavy (non-hydrogen) atoms. The second kappa shape index (κ2) is 6.89. The molecule has 1 aromatic heterocycles. The largest absolute Gasteiger partial charge is 0.382 e. The van der Waals surface area contributed by atoms with Crippen molar-refractivity contribution >= 4 is 21.6 Å². The molecule has 0 fully saturated rings. The Morgan fingerprint density at radius 2 is 2.22 bits per heavy atom. The van der Waals surface area contributed by atoms with E-state index in [9.17, 15) is 13.2 Å². The molecule has 0 aliphatic heterocycles. The van der Waals surface area contributed by atoms with Crippen LogP contribution < -0.4 is 10.3 Å². The molecular formula is C10H15ClN2O4S. The van der Waals surface area contributed by atoms with Gasteiger partial charge in [-0.2, -0.15) is 0 Å². The molecule has 1 rings (SSSR count). The van der Waals surface area contributed by atoms with Gasteiger partial charge in [0.05, 0.1) is 4.90 Å². The van der Waals surface area contributed by atoms with Crippen LogP contribution in [0.5, 0.6) is 0 Å². The zero-order chi connectivity index (χ0) is 13.6. The van der Waals surface area contributed by atoms with Crippen molar-refractivity contribution in [1.82, 2.24) is 9.71 Å². The first kappa shape index (κ1) is 15.2. The Labute approximate surface area is 110 Å². The van der Waals surface area contributed by atoms with Gasteiger partial charge in [-0.15, -0.1) is 0 Å². The van der Waals surface area contributed by atoms with Gasteiger partial charge in [0.25, 0.3) is 5.56 Å². The highest BCUT2D eigenvalue weighted by Gasteiger charge is 2.14. The van der Waals surface area contributed by atoms with Gasteiger partial charge < -0.3 is 9.72 Å². The molecule has 0 atom stereocenters. The van der Waals surface area contributed by atoms with E-state index in [-0.39, 0.29) is 16.5 Å². The summed E-state index contributed by atoms with van der Waals surface area (Å²) < 4.78 is 31.1. The second-order valence-corrected chi connectivity index (χ2v) is 5.63. The predicted octanol–water partition coefficient (Wildman–Crippen LogP) is 0.733. The fraction of sp³-hybridized carbons (Fsp3) is 0.500. The van der Waals surface area contributed by atoms with Crippen molar-refractivity contribution in [3.8, 4) is 0 Å². The lowest BCUT2D eigenvalue weighted by molar-refractivity contribution is 0.146. The van der Waals surface area contributed by atoms with E-state index in [1.165, 1.54) is 0 Å². The average molecular weight is 295 g/mol. The Morgan fingerprint density at radius 3 is 2.83 bits per heavy atom. The lowest BCUT2D eigenvalue weighted by atomic mass is 10.5. The molecule has 6 nitrogen and oxygen atoms in total. The molecule has 1 aromatic rings. The Balaban J connectivity index is 2.63. The molecule has 2 N–H and O–H groups in total. The van der Waals surface area contributed by atoms with Crippen LogP contribution in [0.4, 0.5) is 0 Å².